The van der Waals surface area contributed by atoms with E-state index in [0.29, 0.717) is 36.7 Å². The number of likely N-dealkylation sites (N-methyl/N-ethyl adjacent to an activating group) is 1. The molecule has 0 aromatic heterocycles. The van der Waals surface area contributed by atoms with Gasteiger partial charge in [0.15, 0.2) is 6.10 Å². The molecule has 0 amide bonds. The quantitative estimate of drug-likeness (QED) is 0.0155. The molecule has 1 unspecified atom stereocenters. The summed E-state index contributed by atoms with van der Waals surface area (Å²) in [6.07, 6.45) is 41.5. The van der Waals surface area contributed by atoms with Crippen LogP contribution in [0.5, 0.6) is 0 Å². The molecule has 0 spiro atoms. The molecule has 0 aliphatic carbocycles. The number of quaternary nitrogens is 1. The van der Waals surface area contributed by atoms with Gasteiger partial charge in [0.2, 0.25) is 0 Å². The third kappa shape index (κ3) is 41.6. The zero-order valence-corrected chi connectivity index (χ0v) is 37.6. The molecule has 10 nitrogen and oxygen atoms in total. The van der Waals surface area contributed by atoms with Crippen molar-refractivity contribution in [2.75, 3.05) is 47.5 Å². The molecule has 0 aromatic rings. The standard InChI is InChI=1S/C46H82NO9P/c1-6-8-10-12-14-15-16-17-18-19-20-21-25-30-34-38-46(50)56-44(42-55-57(51,52)54-40-39-47(3,4)5)41-53-45(49)37-33-29-26-22-24-28-32-36-43(48)35-31-27-23-13-11-9-7-2/h15-16,22-23,26-28,31-32,35,43-44,48H,6-14,17-21,24-25,29-30,33-34,36-42H2,1-5H3/p+1/b16-15-,26-22+,27-23-,32-28-,35-31-/t43-,44-/m1/s1. The number of hydrogen-bond acceptors (Lipinski definition) is 8. The van der Waals surface area contributed by atoms with E-state index in [1.165, 1.54) is 70.6 Å². The number of phosphoric ester groups is 1. The van der Waals surface area contributed by atoms with Crippen molar-refractivity contribution in [3.63, 3.8) is 0 Å². The Morgan fingerprint density at radius 2 is 1.18 bits per heavy atom. The molecule has 0 saturated heterocycles. The van der Waals surface area contributed by atoms with Gasteiger partial charge in [0.05, 0.1) is 33.9 Å². The summed E-state index contributed by atoms with van der Waals surface area (Å²) in [7, 11) is 1.40. The highest BCUT2D eigenvalue weighted by Crippen LogP contribution is 2.43. The summed E-state index contributed by atoms with van der Waals surface area (Å²) in [6, 6.07) is 0. The van der Waals surface area contributed by atoms with Crippen molar-refractivity contribution in [1.82, 2.24) is 0 Å². The van der Waals surface area contributed by atoms with E-state index in [2.05, 4.69) is 32.1 Å². The summed E-state index contributed by atoms with van der Waals surface area (Å²) in [5.41, 5.74) is 0. The van der Waals surface area contributed by atoms with Crippen molar-refractivity contribution in [2.45, 2.75) is 174 Å². The highest BCUT2D eigenvalue weighted by molar-refractivity contribution is 7.47. The van der Waals surface area contributed by atoms with Crippen molar-refractivity contribution in [2.24, 2.45) is 0 Å². The zero-order valence-electron chi connectivity index (χ0n) is 36.7. The summed E-state index contributed by atoms with van der Waals surface area (Å²) in [6.45, 7) is 4.21. The Kier molecular flexibility index (Phi) is 36.4. The number of rotatable bonds is 39. The number of allylic oxidation sites excluding steroid dienone is 8. The van der Waals surface area contributed by atoms with Gasteiger partial charge in [-0.1, -0.05) is 139 Å². The zero-order chi connectivity index (χ0) is 42.3. The highest BCUT2D eigenvalue weighted by atomic mass is 31.2. The lowest BCUT2D eigenvalue weighted by molar-refractivity contribution is -0.870. The van der Waals surface area contributed by atoms with Crippen molar-refractivity contribution >= 4 is 19.8 Å². The van der Waals surface area contributed by atoms with Crippen LogP contribution in [0.4, 0.5) is 0 Å². The van der Waals surface area contributed by atoms with Gasteiger partial charge in [-0.2, -0.15) is 0 Å². The number of nitrogens with zero attached hydrogens (tertiary/aromatic N) is 1. The Morgan fingerprint density at radius 1 is 0.632 bits per heavy atom. The second kappa shape index (κ2) is 37.9. The highest BCUT2D eigenvalue weighted by Gasteiger charge is 2.27. The molecule has 57 heavy (non-hydrogen) atoms. The van der Waals surface area contributed by atoms with Crippen LogP contribution in [0.15, 0.2) is 60.8 Å². The molecule has 0 fully saturated rings. The Balaban J connectivity index is 4.52. The lowest BCUT2D eigenvalue weighted by atomic mass is 10.1. The van der Waals surface area contributed by atoms with Gasteiger partial charge in [-0.25, -0.2) is 4.57 Å². The fourth-order valence-electron chi connectivity index (χ4n) is 5.55. The fourth-order valence-corrected chi connectivity index (χ4v) is 6.29. The Bertz CT molecular complexity index is 1170. The molecule has 0 heterocycles. The van der Waals surface area contributed by atoms with Crippen molar-refractivity contribution < 1.29 is 47.2 Å². The molecule has 0 saturated carbocycles. The van der Waals surface area contributed by atoms with E-state index in [4.69, 9.17) is 18.5 Å². The van der Waals surface area contributed by atoms with Crippen LogP contribution < -0.4 is 0 Å². The number of phosphoric acid groups is 1. The summed E-state index contributed by atoms with van der Waals surface area (Å²) in [4.78, 5) is 35.3. The van der Waals surface area contributed by atoms with Crippen LogP contribution >= 0.6 is 7.82 Å². The number of hydrogen-bond donors (Lipinski definition) is 2. The summed E-state index contributed by atoms with van der Waals surface area (Å²) in [5, 5.41) is 10.1. The Hall–Kier alpha value is -2.33. The van der Waals surface area contributed by atoms with Gasteiger partial charge < -0.3 is 24.0 Å². The number of aliphatic hydroxyl groups is 1. The normalized spacial score (nSPS) is 14.7. The molecule has 0 rings (SSSR count). The molecule has 330 valence electrons. The monoisotopic (exact) mass is 825 g/mol. The van der Waals surface area contributed by atoms with E-state index in [0.717, 1.165) is 38.5 Å². The van der Waals surface area contributed by atoms with Crippen molar-refractivity contribution in [3.05, 3.63) is 60.8 Å². The maximum Gasteiger partial charge on any atom is 0.472 e. The minimum absolute atomic E-state index is 0.00970. The van der Waals surface area contributed by atoms with Gasteiger partial charge in [-0.05, 0) is 70.6 Å². The van der Waals surface area contributed by atoms with Gasteiger partial charge in [-0.3, -0.25) is 18.6 Å². The predicted molar refractivity (Wildman–Crippen MR) is 235 cm³/mol. The molecule has 0 aliphatic heterocycles. The number of unbranched alkanes of at least 4 members (excludes halogenated alkanes) is 15. The molecule has 0 aliphatic rings. The van der Waals surface area contributed by atoms with E-state index in [9.17, 15) is 24.2 Å². The van der Waals surface area contributed by atoms with E-state index in [1.807, 2.05) is 57.6 Å². The van der Waals surface area contributed by atoms with Gasteiger partial charge in [0.25, 0.3) is 0 Å². The average molecular weight is 825 g/mol. The van der Waals surface area contributed by atoms with Crippen LogP contribution in [0.2, 0.25) is 0 Å². The fraction of sp³-hybridized carbons (Fsp3) is 0.739. The molecule has 3 atom stereocenters. The Morgan fingerprint density at radius 3 is 1.86 bits per heavy atom. The van der Waals surface area contributed by atoms with E-state index in [1.54, 1.807) is 6.08 Å². The molecule has 11 heteroatoms. The molecular weight excluding hydrogens is 741 g/mol. The van der Waals surface area contributed by atoms with Gasteiger partial charge in [0, 0.05) is 12.8 Å². The molecule has 0 aromatic carbocycles. The van der Waals surface area contributed by atoms with Crippen LogP contribution in [-0.2, 0) is 32.7 Å². The lowest BCUT2D eigenvalue weighted by Crippen LogP contribution is -2.37. The summed E-state index contributed by atoms with van der Waals surface area (Å²) < 4.78 is 34.2. The smallest absolute Gasteiger partial charge is 0.462 e. The van der Waals surface area contributed by atoms with E-state index < -0.39 is 38.6 Å². The SMILES string of the molecule is CCCCC/C=C\C=C/[C@@H](O)C/C=C\C/C=C/CCCC(=O)OC[C@H](COP(=O)(O)OCC[N+](C)(C)C)OC(=O)CCCCCCCCC/C=C\CCCCCC. The average Bonchev–Trinajstić information content (AvgIpc) is 3.15. The maximum atomic E-state index is 12.7. The van der Waals surface area contributed by atoms with E-state index >= 15 is 0 Å². The topological polar surface area (TPSA) is 129 Å². The van der Waals surface area contributed by atoms with E-state index in [-0.39, 0.29) is 26.1 Å². The maximum absolute atomic E-state index is 12.7. The third-order valence-corrected chi connectivity index (χ3v) is 10.1. The summed E-state index contributed by atoms with van der Waals surface area (Å²) in [5.74, 6) is -0.915. The van der Waals surface area contributed by atoms with Crippen molar-refractivity contribution in [3.8, 4) is 0 Å². The van der Waals surface area contributed by atoms with Gasteiger partial charge in [-0.15, -0.1) is 0 Å². The molecule has 0 bridgehead atoms. The van der Waals surface area contributed by atoms with Gasteiger partial charge in [0.1, 0.15) is 19.8 Å². The van der Waals surface area contributed by atoms with Crippen LogP contribution in [0.3, 0.4) is 0 Å². The number of esters is 2. The van der Waals surface area contributed by atoms with Crippen LogP contribution in [0.25, 0.3) is 0 Å². The molecule has 0 radical (unpaired) electrons. The second-order valence-corrected chi connectivity index (χ2v) is 17.4. The first-order valence-corrected chi connectivity index (χ1v) is 23.6. The minimum Gasteiger partial charge on any atom is -0.462 e. The first-order valence-electron chi connectivity index (χ1n) is 22.1. The van der Waals surface area contributed by atoms with Crippen molar-refractivity contribution in [1.29, 1.82) is 0 Å². The number of carbonyl (C=O) groups is 2. The Labute approximate surface area is 348 Å². The van der Waals surface area contributed by atoms with Crippen LogP contribution in [0.1, 0.15) is 162 Å². The third-order valence-electron chi connectivity index (χ3n) is 9.10. The van der Waals surface area contributed by atoms with Gasteiger partial charge >= 0.3 is 19.8 Å². The molecular formula is C46H83NO9P+. The number of carbonyl (C=O) groups excluding carboxylic acids is 2. The predicted octanol–water partition coefficient (Wildman–Crippen LogP) is 11.4. The minimum atomic E-state index is -4.40. The first kappa shape index (κ1) is 54.7. The second-order valence-electron chi connectivity index (χ2n) is 15.9. The summed E-state index contributed by atoms with van der Waals surface area (Å²) >= 11 is 0. The molecule has 2 N–H and O–H groups in total. The van der Waals surface area contributed by atoms with Crippen LogP contribution in [-0.4, -0.2) is 86.1 Å². The largest absolute Gasteiger partial charge is 0.472 e. The number of ether oxygens (including phenoxy) is 2. The number of aliphatic hydroxyl groups excluding tert-OH is 1. The lowest BCUT2D eigenvalue weighted by Gasteiger charge is -2.24. The van der Waals surface area contributed by atoms with Crippen LogP contribution in [0, 0.1) is 0 Å². The first-order chi connectivity index (χ1) is 27.4.